The average Bonchev–Trinajstić information content (AvgIpc) is 3.29. The van der Waals surface area contributed by atoms with Crippen molar-refractivity contribution >= 4 is 5.82 Å². The molecule has 0 bridgehead atoms. The highest BCUT2D eigenvalue weighted by molar-refractivity contribution is 5.66. The molecule has 0 fully saturated rings. The Kier molecular flexibility index (Phi) is 3.74. The van der Waals surface area contributed by atoms with Crippen molar-refractivity contribution in [3.63, 3.8) is 0 Å². The molecule has 7 nitrogen and oxygen atoms in total. The molecule has 0 unspecified atom stereocenters. The molecule has 25 heavy (non-hydrogen) atoms. The summed E-state index contributed by atoms with van der Waals surface area (Å²) in [6.45, 7) is 2.08. The van der Waals surface area contributed by atoms with E-state index in [1.807, 2.05) is 54.6 Å². The van der Waals surface area contributed by atoms with Gasteiger partial charge in [0.2, 0.25) is 5.82 Å². The van der Waals surface area contributed by atoms with Crippen LogP contribution in [-0.4, -0.2) is 25.1 Å². The van der Waals surface area contributed by atoms with Gasteiger partial charge in [-0.05, 0) is 18.1 Å². The molecular formula is C18H16N6O. The Morgan fingerprint density at radius 2 is 1.80 bits per heavy atom. The summed E-state index contributed by atoms with van der Waals surface area (Å²) in [6.07, 6.45) is 0.865. The standard InChI is InChI=1S/C18H16N6O/c1-2-12-8-6-7-11-14(12)24-16(19)15(21-23-24)18-20-17(22-25-18)13-9-4-3-5-10-13/h3-11H,2,19H2,1H3. The second kappa shape index (κ2) is 6.20. The minimum absolute atomic E-state index is 0.247. The number of aryl methyl sites for hydroxylation is 1. The summed E-state index contributed by atoms with van der Waals surface area (Å²) in [7, 11) is 0. The van der Waals surface area contributed by atoms with Crippen LogP contribution < -0.4 is 5.73 Å². The zero-order chi connectivity index (χ0) is 17.2. The molecular weight excluding hydrogens is 316 g/mol. The van der Waals surface area contributed by atoms with Crippen LogP contribution in [0.2, 0.25) is 0 Å². The summed E-state index contributed by atoms with van der Waals surface area (Å²) in [5.74, 6) is 1.10. The van der Waals surface area contributed by atoms with E-state index in [9.17, 15) is 0 Å². The molecule has 7 heteroatoms. The van der Waals surface area contributed by atoms with Gasteiger partial charge < -0.3 is 10.3 Å². The highest BCUT2D eigenvalue weighted by atomic mass is 16.5. The van der Waals surface area contributed by atoms with Crippen LogP contribution in [0.4, 0.5) is 5.82 Å². The second-order valence-electron chi connectivity index (χ2n) is 5.51. The third kappa shape index (κ3) is 2.65. The average molecular weight is 332 g/mol. The van der Waals surface area contributed by atoms with Crippen molar-refractivity contribution in [3.8, 4) is 28.7 Å². The molecule has 0 radical (unpaired) electrons. The van der Waals surface area contributed by atoms with E-state index in [1.54, 1.807) is 4.68 Å². The smallest absolute Gasteiger partial charge is 0.282 e. The molecule has 0 saturated carbocycles. The molecule has 2 aromatic heterocycles. The summed E-state index contributed by atoms with van der Waals surface area (Å²) in [5, 5.41) is 12.3. The number of para-hydroxylation sites is 1. The zero-order valence-electron chi connectivity index (χ0n) is 13.6. The first-order valence-corrected chi connectivity index (χ1v) is 7.97. The van der Waals surface area contributed by atoms with Gasteiger partial charge in [0.15, 0.2) is 11.5 Å². The lowest BCUT2D eigenvalue weighted by Crippen LogP contribution is -2.05. The van der Waals surface area contributed by atoms with E-state index in [0.717, 1.165) is 23.2 Å². The maximum atomic E-state index is 6.25. The van der Waals surface area contributed by atoms with Gasteiger partial charge in [0.05, 0.1) is 5.69 Å². The quantitative estimate of drug-likeness (QED) is 0.617. The van der Waals surface area contributed by atoms with Crippen LogP contribution in [0.1, 0.15) is 12.5 Å². The van der Waals surface area contributed by atoms with Gasteiger partial charge in [0, 0.05) is 5.56 Å². The molecule has 0 aliphatic carbocycles. The van der Waals surface area contributed by atoms with Crippen LogP contribution in [0, 0.1) is 0 Å². The molecule has 2 heterocycles. The molecule has 0 atom stereocenters. The second-order valence-corrected chi connectivity index (χ2v) is 5.51. The highest BCUT2D eigenvalue weighted by Crippen LogP contribution is 2.27. The minimum atomic E-state index is 0.247. The lowest BCUT2D eigenvalue weighted by atomic mass is 10.1. The van der Waals surface area contributed by atoms with Gasteiger partial charge >= 0.3 is 0 Å². The number of anilines is 1. The number of nitrogens with two attached hydrogens (primary N) is 1. The molecule has 4 rings (SSSR count). The van der Waals surface area contributed by atoms with Gasteiger partial charge in [-0.15, -0.1) is 5.10 Å². The number of nitrogen functional groups attached to an aromatic ring is 1. The minimum Gasteiger partial charge on any atom is -0.382 e. The van der Waals surface area contributed by atoms with Crippen LogP contribution in [-0.2, 0) is 6.42 Å². The van der Waals surface area contributed by atoms with Crippen molar-refractivity contribution in [1.82, 2.24) is 25.1 Å². The molecule has 4 aromatic rings. The molecule has 0 aliphatic rings. The predicted molar refractivity (Wildman–Crippen MR) is 93.9 cm³/mol. The van der Waals surface area contributed by atoms with Gasteiger partial charge in [-0.1, -0.05) is 65.8 Å². The van der Waals surface area contributed by atoms with Crippen LogP contribution in [0.5, 0.6) is 0 Å². The van der Waals surface area contributed by atoms with Gasteiger partial charge in [-0.2, -0.15) is 9.67 Å². The molecule has 0 aliphatic heterocycles. The van der Waals surface area contributed by atoms with Gasteiger partial charge in [0.1, 0.15) is 0 Å². The fraction of sp³-hybridized carbons (Fsp3) is 0.111. The van der Waals surface area contributed by atoms with Crippen molar-refractivity contribution in [2.75, 3.05) is 5.73 Å². The first-order chi connectivity index (χ1) is 12.3. The largest absolute Gasteiger partial charge is 0.382 e. The Morgan fingerprint density at radius 1 is 1.04 bits per heavy atom. The van der Waals surface area contributed by atoms with E-state index in [1.165, 1.54) is 0 Å². The number of rotatable bonds is 4. The first kappa shape index (κ1) is 15.1. The number of hydrogen-bond donors (Lipinski definition) is 1. The SMILES string of the molecule is CCc1ccccc1-n1nnc(-c2nc(-c3ccccc3)no2)c1N. The lowest BCUT2D eigenvalue weighted by Gasteiger charge is -2.07. The first-order valence-electron chi connectivity index (χ1n) is 7.97. The Hall–Kier alpha value is -3.48. The summed E-state index contributed by atoms with van der Waals surface area (Å²) < 4.78 is 6.93. The third-order valence-electron chi connectivity index (χ3n) is 3.97. The third-order valence-corrected chi connectivity index (χ3v) is 3.97. The maximum absolute atomic E-state index is 6.25. The summed E-state index contributed by atoms with van der Waals surface area (Å²) in [5.41, 5.74) is 9.50. The van der Waals surface area contributed by atoms with Crippen LogP contribution in [0.15, 0.2) is 59.1 Å². The van der Waals surface area contributed by atoms with Crippen molar-refractivity contribution in [1.29, 1.82) is 0 Å². The summed E-state index contributed by atoms with van der Waals surface area (Å²) in [4.78, 5) is 4.39. The molecule has 0 saturated heterocycles. The van der Waals surface area contributed by atoms with E-state index in [0.29, 0.717) is 17.3 Å². The Bertz CT molecular complexity index is 1010. The van der Waals surface area contributed by atoms with E-state index in [2.05, 4.69) is 27.4 Å². The Labute approximate surface area is 144 Å². The fourth-order valence-electron chi connectivity index (χ4n) is 2.66. The fourth-order valence-corrected chi connectivity index (χ4v) is 2.66. The van der Waals surface area contributed by atoms with Crippen molar-refractivity contribution in [3.05, 3.63) is 60.2 Å². The topological polar surface area (TPSA) is 95.6 Å². The van der Waals surface area contributed by atoms with E-state index >= 15 is 0 Å². The zero-order valence-corrected chi connectivity index (χ0v) is 13.6. The molecule has 2 N–H and O–H groups in total. The monoisotopic (exact) mass is 332 g/mol. The summed E-state index contributed by atoms with van der Waals surface area (Å²) >= 11 is 0. The predicted octanol–water partition coefficient (Wildman–Crippen LogP) is 3.13. The number of aromatic nitrogens is 5. The van der Waals surface area contributed by atoms with Gasteiger partial charge in [-0.25, -0.2) is 0 Å². The number of benzene rings is 2. The number of nitrogens with zero attached hydrogens (tertiary/aromatic N) is 5. The highest BCUT2D eigenvalue weighted by Gasteiger charge is 2.20. The van der Waals surface area contributed by atoms with E-state index in [-0.39, 0.29) is 5.89 Å². The molecule has 124 valence electrons. The number of hydrogen-bond acceptors (Lipinski definition) is 6. The lowest BCUT2D eigenvalue weighted by molar-refractivity contribution is 0.431. The van der Waals surface area contributed by atoms with E-state index < -0.39 is 0 Å². The van der Waals surface area contributed by atoms with Crippen LogP contribution in [0.3, 0.4) is 0 Å². The van der Waals surface area contributed by atoms with Crippen LogP contribution >= 0.6 is 0 Å². The van der Waals surface area contributed by atoms with Crippen molar-refractivity contribution in [2.24, 2.45) is 0 Å². The van der Waals surface area contributed by atoms with Crippen molar-refractivity contribution < 1.29 is 4.52 Å². The Balaban J connectivity index is 1.74. The van der Waals surface area contributed by atoms with Crippen LogP contribution in [0.25, 0.3) is 28.7 Å². The molecule has 0 amide bonds. The normalized spacial score (nSPS) is 10.9. The Morgan fingerprint density at radius 3 is 2.60 bits per heavy atom. The summed E-state index contributed by atoms with van der Waals surface area (Å²) in [6, 6.07) is 17.5. The molecule has 0 spiro atoms. The van der Waals surface area contributed by atoms with E-state index in [4.69, 9.17) is 10.3 Å². The maximum Gasteiger partial charge on any atom is 0.282 e. The van der Waals surface area contributed by atoms with Crippen molar-refractivity contribution in [2.45, 2.75) is 13.3 Å². The molecule has 2 aromatic carbocycles. The van der Waals surface area contributed by atoms with Gasteiger partial charge in [0.25, 0.3) is 5.89 Å². The van der Waals surface area contributed by atoms with Gasteiger partial charge in [-0.3, -0.25) is 0 Å².